The summed E-state index contributed by atoms with van der Waals surface area (Å²) in [6.45, 7) is 28.1. The number of aromatic hydroxyl groups is 1. The molecule has 14 nitrogen and oxygen atoms in total. The number of carbonyl (C=O) groups is 4. The van der Waals surface area contributed by atoms with Gasteiger partial charge >= 0.3 is 24.1 Å². The van der Waals surface area contributed by atoms with Crippen LogP contribution in [0.3, 0.4) is 0 Å². The van der Waals surface area contributed by atoms with Gasteiger partial charge in [0.15, 0.2) is 11.5 Å². The highest BCUT2D eigenvalue weighted by Crippen LogP contribution is 2.42. The molecule has 60 heavy (non-hydrogen) atoms. The third kappa shape index (κ3) is 12.7. The minimum Gasteiger partial charge on any atom is -0.507 e. The van der Waals surface area contributed by atoms with Crippen LogP contribution in [-0.4, -0.2) is 59.6 Å². The third-order valence-corrected chi connectivity index (χ3v) is 8.89. The summed E-state index contributed by atoms with van der Waals surface area (Å²) < 4.78 is 34.9. The number of benzene rings is 2. The van der Waals surface area contributed by atoms with Crippen LogP contribution >= 0.6 is 0 Å². The quantitative estimate of drug-likeness (QED) is 0.0719. The van der Waals surface area contributed by atoms with E-state index in [1.165, 1.54) is 19.2 Å². The van der Waals surface area contributed by atoms with Gasteiger partial charge < -0.3 is 43.8 Å². The Morgan fingerprint density at radius 3 is 1.47 bits per heavy atom. The van der Waals surface area contributed by atoms with Crippen LogP contribution in [0.1, 0.15) is 122 Å². The lowest BCUT2D eigenvalue weighted by molar-refractivity contribution is -0.140. The fraction of sp³-hybridized carbons (Fsp3) is 0.543. The Labute approximate surface area is 353 Å². The maximum Gasteiger partial charge on any atom is 0.408 e. The molecule has 2 amide bonds. The summed E-state index contributed by atoms with van der Waals surface area (Å²) >= 11 is 0. The second kappa shape index (κ2) is 18.4. The van der Waals surface area contributed by atoms with Crippen LogP contribution in [0.2, 0.25) is 0 Å². The molecule has 0 saturated heterocycles. The third-order valence-electron chi connectivity index (χ3n) is 8.89. The zero-order chi connectivity index (χ0) is 45.9. The normalized spacial score (nSPS) is 13.2. The molecule has 0 radical (unpaired) electrons. The highest BCUT2D eigenvalue weighted by molar-refractivity contribution is 5.99. The number of nitrogens with one attached hydrogen (secondary N) is 2. The molecule has 330 valence electrons. The first-order valence-electron chi connectivity index (χ1n) is 19.9. The largest absolute Gasteiger partial charge is 0.507 e. The molecular weight excluding hydrogens is 773 g/mol. The lowest BCUT2D eigenvalue weighted by Gasteiger charge is -2.31. The maximum absolute atomic E-state index is 14.7. The van der Waals surface area contributed by atoms with Crippen molar-refractivity contribution in [2.24, 2.45) is 10.8 Å². The molecule has 1 aromatic heterocycles. The zero-order valence-corrected chi connectivity index (χ0v) is 38.3. The molecule has 0 unspecified atom stereocenters. The van der Waals surface area contributed by atoms with Gasteiger partial charge in [-0.2, -0.15) is 0 Å². The Morgan fingerprint density at radius 2 is 1.07 bits per heavy atom. The first-order chi connectivity index (χ1) is 27.3. The number of hydrogen-bond donors (Lipinski definition) is 3. The van der Waals surface area contributed by atoms with E-state index in [0.29, 0.717) is 5.56 Å². The van der Waals surface area contributed by atoms with Gasteiger partial charge in [0, 0.05) is 23.3 Å². The number of hydrogen-bond acceptors (Lipinski definition) is 12. The summed E-state index contributed by atoms with van der Waals surface area (Å²) in [5.41, 5.74) is -1.90. The van der Waals surface area contributed by atoms with Gasteiger partial charge in [0.2, 0.25) is 5.43 Å². The Bertz CT molecular complexity index is 2250. The van der Waals surface area contributed by atoms with Crippen molar-refractivity contribution < 1.29 is 52.4 Å². The molecular formula is C46H64N2O12. The van der Waals surface area contributed by atoms with E-state index in [9.17, 15) is 29.1 Å². The van der Waals surface area contributed by atoms with Crippen LogP contribution in [0.5, 0.6) is 23.0 Å². The molecule has 0 fully saturated rings. The standard InChI is InChI=1S/C46H64N2O12/c1-24(2)18-20-26-28(57-39(51)37(43(5,6)7)47-41(53)59-45(11,12)13)22-30-33(34(26)49)35(50)32-27(21-19-25(3)4)36(55-17)31(23-29(32)56-30)58-40(52)38(44(8,9)10)48-42(54)60-46(14,15)16/h18-19,22-23,37-38,49H,20-21H2,1-17H3,(H,47,53)(H,48,54)/t37-,38-/m1/s1. The van der Waals surface area contributed by atoms with Crippen molar-refractivity contribution in [3.8, 4) is 23.0 Å². The predicted molar refractivity (Wildman–Crippen MR) is 231 cm³/mol. The number of allylic oxidation sites excluding steroid dienone is 4. The lowest BCUT2D eigenvalue weighted by atomic mass is 9.87. The molecule has 2 atom stereocenters. The Kier molecular flexibility index (Phi) is 15.0. The van der Waals surface area contributed by atoms with Crippen LogP contribution in [0.25, 0.3) is 21.9 Å². The van der Waals surface area contributed by atoms with Gasteiger partial charge in [-0.15, -0.1) is 0 Å². The minimum absolute atomic E-state index is 0.0337. The number of fused-ring (bicyclic) bond motifs is 2. The summed E-state index contributed by atoms with van der Waals surface area (Å²) in [5, 5.41) is 17.0. The smallest absolute Gasteiger partial charge is 0.408 e. The monoisotopic (exact) mass is 836 g/mol. The predicted octanol–water partition coefficient (Wildman–Crippen LogP) is 9.37. The van der Waals surface area contributed by atoms with Gasteiger partial charge in [-0.05, 0) is 92.9 Å². The summed E-state index contributed by atoms with van der Waals surface area (Å²) in [7, 11) is 1.37. The second-order valence-corrected chi connectivity index (χ2v) is 19.5. The fourth-order valence-electron chi connectivity index (χ4n) is 6.04. The van der Waals surface area contributed by atoms with Crippen LogP contribution in [0.15, 0.2) is 44.6 Å². The van der Waals surface area contributed by atoms with Gasteiger partial charge in [0.05, 0.1) is 12.5 Å². The Morgan fingerprint density at radius 1 is 0.667 bits per heavy atom. The molecule has 14 heteroatoms. The van der Waals surface area contributed by atoms with Gasteiger partial charge in [-0.1, -0.05) is 64.8 Å². The van der Waals surface area contributed by atoms with Crippen LogP contribution in [-0.2, 0) is 31.9 Å². The van der Waals surface area contributed by atoms with E-state index < -0.39 is 69.4 Å². The van der Waals surface area contributed by atoms with E-state index in [1.54, 1.807) is 89.2 Å². The number of carbonyl (C=O) groups excluding carboxylic acids is 4. The van der Waals surface area contributed by atoms with Gasteiger partial charge in [-0.3, -0.25) is 4.79 Å². The van der Waals surface area contributed by atoms with Gasteiger partial charge in [0.25, 0.3) is 0 Å². The van der Waals surface area contributed by atoms with Crippen molar-refractivity contribution in [2.45, 2.75) is 147 Å². The van der Waals surface area contributed by atoms with E-state index >= 15 is 0 Å². The summed E-state index contributed by atoms with van der Waals surface area (Å²) in [6, 6.07) is 0.273. The number of alkyl carbamates (subject to hydrolysis) is 2. The number of esters is 2. The van der Waals surface area contributed by atoms with E-state index in [4.69, 9.17) is 28.1 Å². The first-order valence-corrected chi connectivity index (χ1v) is 19.9. The van der Waals surface area contributed by atoms with E-state index in [0.717, 1.165) is 11.1 Å². The average Bonchev–Trinajstić information content (AvgIpc) is 3.05. The topological polar surface area (TPSA) is 189 Å². The molecule has 1 heterocycles. The van der Waals surface area contributed by atoms with Crippen LogP contribution in [0.4, 0.5) is 9.59 Å². The van der Waals surface area contributed by atoms with E-state index in [-0.39, 0.29) is 57.6 Å². The van der Waals surface area contributed by atoms with Crippen molar-refractivity contribution in [1.29, 1.82) is 0 Å². The second-order valence-electron chi connectivity index (χ2n) is 19.5. The lowest BCUT2D eigenvalue weighted by Crippen LogP contribution is -2.52. The number of phenolic OH excluding ortho intramolecular Hbond substituents is 1. The summed E-state index contributed by atoms with van der Waals surface area (Å²) in [5.74, 6) is -2.33. The number of methoxy groups -OCH3 is 1. The minimum atomic E-state index is -1.20. The molecule has 3 rings (SSSR count). The molecule has 0 bridgehead atoms. The van der Waals surface area contributed by atoms with Crippen LogP contribution in [0, 0.1) is 10.8 Å². The highest BCUT2D eigenvalue weighted by Gasteiger charge is 2.38. The summed E-state index contributed by atoms with van der Waals surface area (Å²) in [4.78, 5) is 68.3. The number of phenols is 1. The summed E-state index contributed by atoms with van der Waals surface area (Å²) in [6.07, 6.45) is 2.22. The Balaban J connectivity index is 2.36. The molecule has 0 aliphatic carbocycles. The molecule has 2 aromatic carbocycles. The molecule has 0 aliphatic rings. The van der Waals surface area contributed by atoms with Crippen molar-refractivity contribution in [3.63, 3.8) is 0 Å². The molecule has 3 N–H and O–H groups in total. The van der Waals surface area contributed by atoms with Crippen molar-refractivity contribution in [1.82, 2.24) is 10.6 Å². The maximum atomic E-state index is 14.7. The van der Waals surface area contributed by atoms with E-state index in [1.807, 2.05) is 33.8 Å². The fourth-order valence-corrected chi connectivity index (χ4v) is 6.04. The Hall–Kier alpha value is -5.53. The number of amides is 2. The number of ether oxygens (including phenoxy) is 5. The van der Waals surface area contributed by atoms with Crippen LogP contribution < -0.4 is 30.3 Å². The molecule has 0 aliphatic heterocycles. The molecule has 0 saturated carbocycles. The SMILES string of the molecule is COc1c(OC(=O)[C@@H](NC(=O)OC(C)(C)C)C(C)(C)C)cc2oc3cc(OC(=O)[C@@H](NC(=O)OC(C)(C)C)C(C)(C)C)c(CC=C(C)C)c(O)c3c(=O)c2c1CC=C(C)C. The van der Waals surface area contributed by atoms with Gasteiger partial charge in [-0.25, -0.2) is 19.2 Å². The molecule has 0 spiro atoms. The van der Waals surface area contributed by atoms with Crippen molar-refractivity contribution in [3.05, 3.63) is 56.8 Å². The van der Waals surface area contributed by atoms with Crippen molar-refractivity contribution >= 4 is 46.1 Å². The molecule has 3 aromatic rings. The first kappa shape index (κ1) is 48.8. The van der Waals surface area contributed by atoms with Crippen molar-refractivity contribution in [2.75, 3.05) is 7.11 Å². The highest BCUT2D eigenvalue weighted by atomic mass is 16.6. The van der Waals surface area contributed by atoms with E-state index in [2.05, 4.69) is 10.6 Å². The zero-order valence-electron chi connectivity index (χ0n) is 38.3. The van der Waals surface area contributed by atoms with Gasteiger partial charge in [0.1, 0.15) is 51.3 Å². The average molecular weight is 837 g/mol. The number of rotatable bonds is 11.